The molecule has 1 N–H and O–H groups in total. The van der Waals surface area contributed by atoms with E-state index >= 15 is 0 Å². The lowest BCUT2D eigenvalue weighted by Crippen LogP contribution is -2.11. The normalized spacial score (nSPS) is 9.70. The van der Waals surface area contributed by atoms with E-state index in [1.54, 1.807) is 49.5 Å². The molecule has 0 saturated heterocycles. The summed E-state index contributed by atoms with van der Waals surface area (Å²) in [6.45, 7) is 0. The van der Waals surface area contributed by atoms with Crippen LogP contribution < -0.4 is 5.32 Å². The van der Waals surface area contributed by atoms with Crippen molar-refractivity contribution in [3.8, 4) is 12.1 Å². The molecule has 0 unspecified atom stereocenters. The first-order valence-corrected chi connectivity index (χ1v) is 6.34. The van der Waals surface area contributed by atoms with Crippen LogP contribution in [0.3, 0.4) is 0 Å². The summed E-state index contributed by atoms with van der Waals surface area (Å²) in [5.74, 6) is 0. The van der Waals surface area contributed by atoms with E-state index in [-0.39, 0.29) is 5.57 Å². The SMILES string of the molecule is CN(C)C(C=CNc1cc(Cl)cc(Cl)c1)=C(C#N)C#N. The Morgan fingerprint density at radius 1 is 1.15 bits per heavy atom. The van der Waals surface area contributed by atoms with Gasteiger partial charge in [0.1, 0.15) is 12.1 Å². The molecule has 0 amide bonds. The Kier molecular flexibility index (Phi) is 5.93. The minimum atomic E-state index is 0.0391. The molecule has 1 aromatic carbocycles. The van der Waals surface area contributed by atoms with Gasteiger partial charge in [0.2, 0.25) is 0 Å². The zero-order chi connectivity index (χ0) is 15.1. The molecule has 0 aliphatic rings. The number of halogens is 2. The molecule has 0 atom stereocenters. The van der Waals surface area contributed by atoms with Crippen LogP contribution >= 0.6 is 23.2 Å². The van der Waals surface area contributed by atoms with Crippen LogP contribution in [0, 0.1) is 22.7 Å². The van der Waals surface area contributed by atoms with Crippen LogP contribution in [-0.2, 0) is 0 Å². The fraction of sp³-hybridized carbons (Fsp3) is 0.143. The zero-order valence-electron chi connectivity index (χ0n) is 11.0. The van der Waals surface area contributed by atoms with E-state index in [0.29, 0.717) is 21.4 Å². The summed E-state index contributed by atoms with van der Waals surface area (Å²) in [5, 5.41) is 21.8. The average molecular weight is 307 g/mol. The fourth-order valence-electron chi connectivity index (χ4n) is 1.45. The summed E-state index contributed by atoms with van der Waals surface area (Å²) >= 11 is 11.8. The second-order valence-electron chi connectivity index (χ2n) is 4.01. The first kappa shape index (κ1) is 15.9. The van der Waals surface area contributed by atoms with Gasteiger partial charge in [-0.3, -0.25) is 0 Å². The number of likely N-dealkylation sites (N-methyl/N-ethyl adjacent to an activating group) is 1. The van der Waals surface area contributed by atoms with Gasteiger partial charge in [-0.05, 0) is 24.3 Å². The number of rotatable bonds is 4. The molecule has 0 heterocycles. The van der Waals surface area contributed by atoms with Gasteiger partial charge in [0.25, 0.3) is 0 Å². The van der Waals surface area contributed by atoms with Gasteiger partial charge in [-0.1, -0.05) is 23.2 Å². The van der Waals surface area contributed by atoms with E-state index in [9.17, 15) is 0 Å². The Bertz CT molecular complexity index is 597. The quantitative estimate of drug-likeness (QED) is 0.679. The first-order chi connectivity index (χ1) is 9.47. The van der Waals surface area contributed by atoms with Crippen LogP contribution in [-0.4, -0.2) is 19.0 Å². The van der Waals surface area contributed by atoms with E-state index in [1.165, 1.54) is 0 Å². The van der Waals surface area contributed by atoms with Crippen molar-refractivity contribution in [1.82, 2.24) is 4.90 Å². The van der Waals surface area contributed by atoms with E-state index in [4.69, 9.17) is 33.7 Å². The van der Waals surface area contributed by atoms with E-state index in [2.05, 4.69) is 5.32 Å². The Balaban J connectivity index is 2.95. The minimum Gasteiger partial charge on any atom is -0.376 e. The molecule has 0 aromatic heterocycles. The lowest BCUT2D eigenvalue weighted by molar-refractivity contribution is 0.527. The third kappa shape index (κ3) is 4.51. The highest BCUT2D eigenvalue weighted by Crippen LogP contribution is 2.22. The molecule has 4 nitrogen and oxygen atoms in total. The summed E-state index contributed by atoms with van der Waals surface area (Å²) in [7, 11) is 3.51. The van der Waals surface area contributed by atoms with Gasteiger partial charge in [-0.15, -0.1) is 0 Å². The predicted molar refractivity (Wildman–Crippen MR) is 81.2 cm³/mol. The molecule has 0 aliphatic carbocycles. The maximum absolute atomic E-state index is 8.89. The number of allylic oxidation sites excluding steroid dienone is 2. The van der Waals surface area contributed by atoms with Gasteiger partial charge in [0.15, 0.2) is 5.57 Å². The average Bonchev–Trinajstić information content (AvgIpc) is 2.36. The second-order valence-corrected chi connectivity index (χ2v) is 4.89. The molecule has 0 saturated carbocycles. The van der Waals surface area contributed by atoms with Crippen molar-refractivity contribution in [2.75, 3.05) is 19.4 Å². The molecule has 0 fully saturated rings. The maximum atomic E-state index is 8.89. The molecule has 0 radical (unpaired) electrons. The standard InChI is InChI=1S/C14H12Cl2N4/c1-20(2)14(10(8-17)9-18)3-4-19-13-6-11(15)5-12(16)7-13/h3-7,19H,1-2H3. The molecular formula is C14H12Cl2N4. The number of anilines is 1. The van der Waals surface area contributed by atoms with Crippen molar-refractivity contribution in [3.05, 3.63) is 51.8 Å². The van der Waals surface area contributed by atoms with Crippen LogP contribution in [0.1, 0.15) is 0 Å². The smallest absolute Gasteiger partial charge is 0.152 e. The van der Waals surface area contributed by atoms with E-state index < -0.39 is 0 Å². The van der Waals surface area contributed by atoms with Crippen molar-refractivity contribution in [1.29, 1.82) is 10.5 Å². The zero-order valence-corrected chi connectivity index (χ0v) is 12.5. The third-order valence-corrected chi connectivity index (χ3v) is 2.75. The third-order valence-electron chi connectivity index (χ3n) is 2.32. The number of nitrogens with one attached hydrogen (secondary N) is 1. The van der Waals surface area contributed by atoms with Crippen LogP contribution in [0.2, 0.25) is 10.0 Å². The van der Waals surface area contributed by atoms with Gasteiger partial charge < -0.3 is 10.2 Å². The fourth-order valence-corrected chi connectivity index (χ4v) is 1.98. The molecule has 20 heavy (non-hydrogen) atoms. The highest BCUT2D eigenvalue weighted by molar-refractivity contribution is 6.35. The topological polar surface area (TPSA) is 62.9 Å². The van der Waals surface area contributed by atoms with Crippen LogP contribution in [0.5, 0.6) is 0 Å². The molecule has 0 bridgehead atoms. The first-order valence-electron chi connectivity index (χ1n) is 5.59. The summed E-state index contributed by atoms with van der Waals surface area (Å²) in [5.41, 5.74) is 1.26. The highest BCUT2D eigenvalue weighted by Gasteiger charge is 2.04. The van der Waals surface area contributed by atoms with E-state index in [0.717, 1.165) is 0 Å². The predicted octanol–water partition coefficient (Wildman–Crippen LogP) is 3.78. The van der Waals surface area contributed by atoms with Crippen molar-refractivity contribution < 1.29 is 0 Å². The minimum absolute atomic E-state index is 0.0391. The molecule has 0 aliphatic heterocycles. The lowest BCUT2D eigenvalue weighted by Gasteiger charge is -2.13. The van der Waals surface area contributed by atoms with Gasteiger partial charge in [-0.25, -0.2) is 0 Å². The number of benzene rings is 1. The summed E-state index contributed by atoms with van der Waals surface area (Å²) in [6.07, 6.45) is 3.25. The number of hydrogen-bond donors (Lipinski definition) is 1. The number of nitrogens with zero attached hydrogens (tertiary/aromatic N) is 3. The lowest BCUT2D eigenvalue weighted by atomic mass is 10.2. The van der Waals surface area contributed by atoms with Gasteiger partial charge in [-0.2, -0.15) is 10.5 Å². The van der Waals surface area contributed by atoms with Crippen LogP contribution in [0.15, 0.2) is 41.7 Å². The van der Waals surface area contributed by atoms with Gasteiger partial charge in [0, 0.05) is 36.0 Å². The molecule has 102 valence electrons. The summed E-state index contributed by atoms with van der Waals surface area (Å²) in [4.78, 5) is 1.69. The van der Waals surface area contributed by atoms with Gasteiger partial charge >= 0.3 is 0 Å². The maximum Gasteiger partial charge on any atom is 0.152 e. The molecule has 1 aromatic rings. The summed E-state index contributed by atoms with van der Waals surface area (Å²) in [6, 6.07) is 8.77. The number of hydrogen-bond acceptors (Lipinski definition) is 4. The molecule has 6 heteroatoms. The van der Waals surface area contributed by atoms with Crippen LogP contribution in [0.4, 0.5) is 5.69 Å². The highest BCUT2D eigenvalue weighted by atomic mass is 35.5. The number of nitriles is 2. The van der Waals surface area contributed by atoms with Crippen molar-refractivity contribution in [3.63, 3.8) is 0 Å². The molecule has 0 spiro atoms. The van der Waals surface area contributed by atoms with Crippen molar-refractivity contribution >= 4 is 28.9 Å². The molecule has 1 rings (SSSR count). The Labute approximate surface area is 128 Å². The monoisotopic (exact) mass is 306 g/mol. The van der Waals surface area contributed by atoms with Crippen LogP contribution in [0.25, 0.3) is 0 Å². The molecular weight excluding hydrogens is 295 g/mol. The Morgan fingerprint density at radius 3 is 2.15 bits per heavy atom. The summed E-state index contributed by atoms with van der Waals surface area (Å²) < 4.78 is 0. The Hall–Kier alpha value is -2.14. The Morgan fingerprint density at radius 2 is 1.70 bits per heavy atom. The van der Waals surface area contributed by atoms with E-state index in [1.807, 2.05) is 12.1 Å². The second kappa shape index (κ2) is 7.45. The largest absolute Gasteiger partial charge is 0.376 e. The van der Waals surface area contributed by atoms with Crippen molar-refractivity contribution in [2.24, 2.45) is 0 Å². The van der Waals surface area contributed by atoms with Crippen molar-refractivity contribution in [2.45, 2.75) is 0 Å². The van der Waals surface area contributed by atoms with Gasteiger partial charge in [0.05, 0.1) is 5.70 Å².